The topological polar surface area (TPSA) is 58.5 Å². The van der Waals surface area contributed by atoms with Gasteiger partial charge in [0.25, 0.3) is 10.0 Å². The fourth-order valence-electron chi connectivity index (χ4n) is 2.43. The number of hydrogen-bond donors (Lipinski definition) is 1. The van der Waals surface area contributed by atoms with Crippen molar-refractivity contribution in [3.05, 3.63) is 63.4 Å². The smallest absolute Gasteiger partial charge is 0.206 e. The molecule has 0 amide bonds. The molecule has 0 spiro atoms. The first-order valence-corrected chi connectivity index (χ1v) is 8.65. The fourth-order valence-corrected chi connectivity index (χ4v) is 3.89. The van der Waals surface area contributed by atoms with Gasteiger partial charge in [-0.3, -0.25) is 0 Å². The molecule has 23 heavy (non-hydrogen) atoms. The van der Waals surface area contributed by atoms with Gasteiger partial charge in [0.05, 0.1) is 16.1 Å². The van der Waals surface area contributed by atoms with Gasteiger partial charge in [-0.25, -0.2) is 9.22 Å². The summed E-state index contributed by atoms with van der Waals surface area (Å²) in [7, 11) is -3.85. The van der Waals surface area contributed by atoms with Gasteiger partial charge in [-0.05, 0) is 44.0 Å². The lowest BCUT2D eigenvalue weighted by Crippen LogP contribution is -2.20. The van der Waals surface area contributed by atoms with Crippen molar-refractivity contribution in [2.24, 2.45) is 5.10 Å². The normalized spacial score (nSPS) is 11.9. The minimum atomic E-state index is -3.85. The molecule has 0 fully saturated rings. The van der Waals surface area contributed by atoms with E-state index in [-0.39, 0.29) is 15.5 Å². The van der Waals surface area contributed by atoms with Crippen molar-refractivity contribution in [3.8, 4) is 0 Å². The molecule has 0 heterocycles. The largest absolute Gasteiger partial charge is 0.277 e. The molecule has 0 bridgehead atoms. The minimum Gasteiger partial charge on any atom is -0.206 e. The predicted octanol–water partition coefficient (Wildman–Crippen LogP) is 3.72. The maximum Gasteiger partial charge on any atom is 0.277 e. The van der Waals surface area contributed by atoms with E-state index in [9.17, 15) is 12.8 Å². The van der Waals surface area contributed by atoms with Gasteiger partial charge < -0.3 is 0 Å². The minimum absolute atomic E-state index is 0.0224. The number of rotatable bonds is 4. The summed E-state index contributed by atoms with van der Waals surface area (Å²) in [6.45, 7) is 5.32. The molecule has 0 saturated heterocycles. The Morgan fingerprint density at radius 2 is 1.78 bits per heavy atom. The van der Waals surface area contributed by atoms with Gasteiger partial charge in [-0.2, -0.15) is 13.5 Å². The first kappa shape index (κ1) is 17.4. The number of hydrazone groups is 1. The van der Waals surface area contributed by atoms with E-state index in [1.54, 1.807) is 26.0 Å². The second kappa shape index (κ2) is 6.68. The molecule has 0 atom stereocenters. The van der Waals surface area contributed by atoms with E-state index in [0.29, 0.717) is 11.1 Å². The lowest BCUT2D eigenvalue weighted by molar-refractivity contribution is 0.583. The van der Waals surface area contributed by atoms with Crippen LogP contribution in [0.2, 0.25) is 5.02 Å². The van der Waals surface area contributed by atoms with Gasteiger partial charge in [0, 0.05) is 5.56 Å². The van der Waals surface area contributed by atoms with E-state index in [4.69, 9.17) is 11.6 Å². The Labute approximate surface area is 140 Å². The third-order valence-electron chi connectivity index (χ3n) is 3.24. The van der Waals surface area contributed by atoms with Crippen molar-refractivity contribution in [2.75, 3.05) is 0 Å². The first-order chi connectivity index (χ1) is 10.7. The Balaban J connectivity index is 2.32. The van der Waals surface area contributed by atoms with Gasteiger partial charge in [0.2, 0.25) is 0 Å². The number of halogens is 2. The van der Waals surface area contributed by atoms with Crippen LogP contribution in [0.25, 0.3) is 0 Å². The summed E-state index contributed by atoms with van der Waals surface area (Å²) >= 11 is 5.86. The molecule has 2 aromatic rings. The Hall–Kier alpha value is -1.92. The van der Waals surface area contributed by atoms with Crippen LogP contribution in [0.5, 0.6) is 0 Å². The summed E-state index contributed by atoms with van der Waals surface area (Å²) in [5.41, 5.74) is 2.23. The average molecular weight is 355 g/mol. The van der Waals surface area contributed by atoms with Crippen LogP contribution in [0.4, 0.5) is 4.39 Å². The molecule has 2 aromatic carbocycles. The van der Waals surface area contributed by atoms with Crippen LogP contribution in [0.15, 0.2) is 40.3 Å². The van der Waals surface area contributed by atoms with Gasteiger partial charge in [-0.1, -0.05) is 35.4 Å². The van der Waals surface area contributed by atoms with Crippen molar-refractivity contribution in [3.63, 3.8) is 0 Å². The molecule has 1 N–H and O–H groups in total. The molecule has 0 unspecified atom stereocenters. The number of hydrogen-bond acceptors (Lipinski definition) is 3. The highest BCUT2D eigenvalue weighted by atomic mass is 35.5. The van der Waals surface area contributed by atoms with Crippen LogP contribution < -0.4 is 4.83 Å². The number of nitrogens with zero attached hydrogens (tertiary/aromatic N) is 1. The number of nitrogens with one attached hydrogen (secondary N) is 1. The number of benzene rings is 2. The SMILES string of the molecule is Cc1cc(C)c(S(=O)(=O)N/N=C/c2c(F)cccc2Cl)c(C)c1. The van der Waals surface area contributed by atoms with E-state index in [2.05, 4.69) is 9.93 Å². The van der Waals surface area contributed by atoms with Crippen LogP contribution in [-0.2, 0) is 10.0 Å². The highest BCUT2D eigenvalue weighted by Gasteiger charge is 2.19. The maximum atomic E-state index is 13.6. The van der Waals surface area contributed by atoms with Gasteiger partial charge >= 0.3 is 0 Å². The molecule has 4 nitrogen and oxygen atoms in total. The standard InChI is InChI=1S/C16H16ClFN2O2S/c1-10-7-11(2)16(12(3)8-10)23(21,22)20-19-9-13-14(17)5-4-6-15(13)18/h4-9,20H,1-3H3/b19-9+. The van der Waals surface area contributed by atoms with E-state index >= 15 is 0 Å². The lowest BCUT2D eigenvalue weighted by Gasteiger charge is -2.11. The Bertz CT molecular complexity index is 836. The molecule has 0 aliphatic rings. The zero-order chi connectivity index (χ0) is 17.2. The van der Waals surface area contributed by atoms with Crippen molar-refractivity contribution in [2.45, 2.75) is 25.7 Å². The summed E-state index contributed by atoms with van der Waals surface area (Å²) in [5, 5.41) is 3.78. The molecule has 0 aliphatic heterocycles. The summed E-state index contributed by atoms with van der Waals surface area (Å²) < 4.78 is 38.4. The number of sulfonamides is 1. The van der Waals surface area contributed by atoms with Gasteiger partial charge in [0.15, 0.2) is 0 Å². The predicted molar refractivity (Wildman–Crippen MR) is 90.0 cm³/mol. The van der Waals surface area contributed by atoms with Gasteiger partial charge in [0.1, 0.15) is 5.82 Å². The summed E-state index contributed by atoms with van der Waals surface area (Å²) in [5.74, 6) is -0.580. The van der Waals surface area contributed by atoms with E-state index < -0.39 is 15.8 Å². The summed E-state index contributed by atoms with van der Waals surface area (Å²) in [6, 6.07) is 7.72. The van der Waals surface area contributed by atoms with Gasteiger partial charge in [-0.15, -0.1) is 0 Å². The molecule has 122 valence electrons. The monoisotopic (exact) mass is 354 g/mol. The molecule has 0 radical (unpaired) electrons. The maximum absolute atomic E-state index is 13.6. The second-order valence-corrected chi connectivity index (χ2v) is 7.22. The van der Waals surface area contributed by atoms with Crippen LogP contribution >= 0.6 is 11.6 Å². The number of aryl methyl sites for hydroxylation is 3. The van der Waals surface area contributed by atoms with Crippen molar-refractivity contribution < 1.29 is 12.8 Å². The molecule has 7 heteroatoms. The molecular weight excluding hydrogens is 339 g/mol. The molecular formula is C16H16ClFN2O2S. The van der Waals surface area contributed by atoms with Crippen molar-refractivity contribution in [1.82, 2.24) is 4.83 Å². The lowest BCUT2D eigenvalue weighted by atomic mass is 10.1. The van der Waals surface area contributed by atoms with E-state index in [0.717, 1.165) is 11.8 Å². The van der Waals surface area contributed by atoms with Crippen LogP contribution in [-0.4, -0.2) is 14.6 Å². The van der Waals surface area contributed by atoms with Crippen LogP contribution in [0.1, 0.15) is 22.3 Å². The third-order valence-corrected chi connectivity index (χ3v) is 5.10. The van der Waals surface area contributed by atoms with E-state index in [1.165, 1.54) is 18.2 Å². The molecule has 2 rings (SSSR count). The first-order valence-electron chi connectivity index (χ1n) is 6.79. The summed E-state index contributed by atoms with van der Waals surface area (Å²) in [4.78, 5) is 2.26. The highest BCUT2D eigenvalue weighted by molar-refractivity contribution is 7.89. The zero-order valence-electron chi connectivity index (χ0n) is 12.9. The average Bonchev–Trinajstić information content (AvgIpc) is 2.40. The van der Waals surface area contributed by atoms with E-state index in [1.807, 2.05) is 6.92 Å². The van der Waals surface area contributed by atoms with Crippen LogP contribution in [0, 0.1) is 26.6 Å². The molecule has 0 aromatic heterocycles. The Morgan fingerprint density at radius 3 is 2.35 bits per heavy atom. The zero-order valence-corrected chi connectivity index (χ0v) is 14.5. The molecule has 0 aliphatic carbocycles. The fraction of sp³-hybridized carbons (Fsp3) is 0.188. The summed E-state index contributed by atoms with van der Waals surface area (Å²) in [6.07, 6.45) is 1.05. The Morgan fingerprint density at radius 1 is 1.17 bits per heavy atom. The van der Waals surface area contributed by atoms with Crippen molar-refractivity contribution >= 4 is 27.8 Å². The van der Waals surface area contributed by atoms with Crippen molar-refractivity contribution in [1.29, 1.82) is 0 Å². The highest BCUT2D eigenvalue weighted by Crippen LogP contribution is 2.21. The van der Waals surface area contributed by atoms with Crippen LogP contribution in [0.3, 0.4) is 0 Å². The second-order valence-electron chi connectivity index (χ2n) is 5.22. The quantitative estimate of drug-likeness (QED) is 0.672. The molecule has 0 saturated carbocycles. The Kier molecular flexibility index (Phi) is 5.06. The third kappa shape index (κ3) is 3.89.